The molecule has 8 aromatic carbocycles. The van der Waals surface area contributed by atoms with Crippen molar-refractivity contribution in [3.05, 3.63) is 158 Å². The zero-order valence-electron chi connectivity index (χ0n) is 29.8. The fourth-order valence-corrected chi connectivity index (χ4v) is 8.34. The Balaban J connectivity index is 1.22. The van der Waals surface area contributed by atoms with Crippen LogP contribution in [0, 0.1) is 0 Å². The molecule has 10 rings (SSSR count). The highest BCUT2D eigenvalue weighted by Crippen LogP contribution is 2.55. The summed E-state index contributed by atoms with van der Waals surface area (Å²) in [4.78, 5) is 9.98. The third kappa shape index (κ3) is 4.98. The number of pyridine rings is 1. The lowest BCUT2D eigenvalue weighted by molar-refractivity contribution is 0.330. The third-order valence-electron chi connectivity index (χ3n) is 10.9. The number of aromatic nitrogens is 1. The average Bonchev–Trinajstić information content (AvgIpc) is 3.53. The van der Waals surface area contributed by atoms with Crippen molar-refractivity contribution in [3.63, 3.8) is 0 Å². The van der Waals surface area contributed by atoms with Gasteiger partial charge in [0.15, 0.2) is 11.5 Å². The Morgan fingerprint density at radius 2 is 1.04 bits per heavy atom. The van der Waals surface area contributed by atoms with E-state index in [0.29, 0.717) is 12.0 Å². The van der Waals surface area contributed by atoms with Crippen molar-refractivity contribution in [2.24, 2.45) is 4.99 Å². The van der Waals surface area contributed by atoms with Gasteiger partial charge in [-0.15, -0.1) is 0 Å². The van der Waals surface area contributed by atoms with Gasteiger partial charge in [0.1, 0.15) is 0 Å². The minimum Gasteiger partial charge on any atom is -0.504 e. The van der Waals surface area contributed by atoms with E-state index in [-0.39, 0.29) is 5.56 Å². The van der Waals surface area contributed by atoms with Crippen molar-refractivity contribution in [2.75, 3.05) is 0 Å². The second kappa shape index (κ2) is 12.7. The van der Waals surface area contributed by atoms with Crippen LogP contribution in [0.1, 0.15) is 12.0 Å². The van der Waals surface area contributed by atoms with Crippen molar-refractivity contribution >= 4 is 59.6 Å². The summed E-state index contributed by atoms with van der Waals surface area (Å²) < 4.78 is 0. The maximum absolute atomic E-state index is 10.9. The SMILES string of the molecule is Oc1c(O)c(O)c(-c2ccc3c(-c4ccc(-c5cc6c7ccccc7ccc6c6ccccc56)cn4)c4ccccc4c(C4=NC=CC=CC4)c3c2)c(O)c1O. The molecule has 2 heterocycles. The first-order valence-electron chi connectivity index (χ1n) is 18.3. The lowest BCUT2D eigenvalue weighted by atomic mass is 9.85. The number of nitrogens with zero attached hydrogens (tertiary/aromatic N) is 2. The van der Waals surface area contributed by atoms with E-state index < -0.39 is 28.7 Å². The summed E-state index contributed by atoms with van der Waals surface area (Å²) in [5, 5.41) is 63.4. The van der Waals surface area contributed by atoms with Crippen LogP contribution in [0.5, 0.6) is 28.7 Å². The number of aromatic hydroxyl groups is 5. The number of phenols is 5. The van der Waals surface area contributed by atoms with E-state index >= 15 is 0 Å². The van der Waals surface area contributed by atoms with Crippen LogP contribution in [0.3, 0.4) is 0 Å². The largest absolute Gasteiger partial charge is 0.504 e. The first kappa shape index (κ1) is 33.0. The highest BCUT2D eigenvalue weighted by atomic mass is 16.4. The maximum Gasteiger partial charge on any atom is 0.208 e. The molecule has 0 amide bonds. The van der Waals surface area contributed by atoms with Crippen molar-refractivity contribution in [3.8, 4) is 62.3 Å². The zero-order valence-corrected chi connectivity index (χ0v) is 29.8. The number of fused-ring (bicyclic) bond motifs is 7. The number of allylic oxidation sites excluding steroid dienone is 3. The first-order chi connectivity index (χ1) is 27.4. The van der Waals surface area contributed by atoms with Gasteiger partial charge in [0.05, 0.1) is 17.0 Å². The molecule has 0 bridgehead atoms. The van der Waals surface area contributed by atoms with E-state index in [1.165, 1.54) is 26.9 Å². The second-order valence-electron chi connectivity index (χ2n) is 14.0. The Morgan fingerprint density at radius 3 is 1.79 bits per heavy atom. The molecule has 1 aromatic heterocycles. The van der Waals surface area contributed by atoms with Gasteiger partial charge in [-0.2, -0.15) is 0 Å². The summed E-state index contributed by atoms with van der Waals surface area (Å²) in [7, 11) is 0. The van der Waals surface area contributed by atoms with Gasteiger partial charge in [-0.25, -0.2) is 0 Å². The Kier molecular flexibility index (Phi) is 7.50. The molecule has 7 nitrogen and oxygen atoms in total. The van der Waals surface area contributed by atoms with Crippen LogP contribution in [-0.2, 0) is 0 Å². The predicted molar refractivity (Wildman–Crippen MR) is 226 cm³/mol. The Morgan fingerprint density at radius 1 is 0.429 bits per heavy atom. The third-order valence-corrected chi connectivity index (χ3v) is 10.9. The van der Waals surface area contributed by atoms with Crippen LogP contribution in [0.2, 0.25) is 0 Å². The molecule has 0 atom stereocenters. The van der Waals surface area contributed by atoms with Crippen LogP contribution in [0.4, 0.5) is 0 Å². The Hall–Kier alpha value is -7.64. The van der Waals surface area contributed by atoms with Crippen molar-refractivity contribution < 1.29 is 25.5 Å². The number of aliphatic imine (C=N–C) groups is 1. The van der Waals surface area contributed by atoms with Gasteiger partial charge in [-0.05, 0) is 89.3 Å². The molecular formula is C49H32N2O5. The summed E-state index contributed by atoms with van der Waals surface area (Å²) in [6, 6.07) is 41.3. The molecule has 56 heavy (non-hydrogen) atoms. The van der Waals surface area contributed by atoms with E-state index in [9.17, 15) is 25.5 Å². The van der Waals surface area contributed by atoms with Gasteiger partial charge < -0.3 is 25.5 Å². The summed E-state index contributed by atoms with van der Waals surface area (Å²) in [6.07, 6.45) is 10.1. The highest BCUT2D eigenvalue weighted by molar-refractivity contribution is 6.27. The number of benzene rings is 8. The highest BCUT2D eigenvalue weighted by Gasteiger charge is 2.26. The average molecular weight is 729 g/mol. The molecule has 7 heteroatoms. The first-order valence-corrected chi connectivity index (χ1v) is 18.3. The monoisotopic (exact) mass is 728 g/mol. The van der Waals surface area contributed by atoms with Gasteiger partial charge >= 0.3 is 0 Å². The van der Waals surface area contributed by atoms with Crippen LogP contribution in [-0.4, -0.2) is 36.2 Å². The molecule has 0 saturated carbocycles. The minimum atomic E-state index is -1.01. The second-order valence-corrected chi connectivity index (χ2v) is 14.0. The van der Waals surface area contributed by atoms with Gasteiger partial charge in [0, 0.05) is 35.5 Å². The van der Waals surface area contributed by atoms with Gasteiger partial charge in [0.25, 0.3) is 0 Å². The molecule has 0 spiro atoms. The smallest absolute Gasteiger partial charge is 0.208 e. The molecule has 9 aromatic rings. The zero-order chi connectivity index (χ0) is 38.1. The summed E-state index contributed by atoms with van der Waals surface area (Å²) in [5.74, 6) is -4.40. The fourth-order valence-electron chi connectivity index (χ4n) is 8.34. The van der Waals surface area contributed by atoms with E-state index in [2.05, 4.69) is 84.9 Å². The Bertz CT molecular complexity index is 3190. The van der Waals surface area contributed by atoms with Crippen molar-refractivity contribution in [1.82, 2.24) is 4.98 Å². The van der Waals surface area contributed by atoms with Gasteiger partial charge in [-0.1, -0.05) is 115 Å². The lowest BCUT2D eigenvalue weighted by Crippen LogP contribution is -2.03. The molecule has 0 unspecified atom stereocenters. The molecule has 0 aliphatic carbocycles. The lowest BCUT2D eigenvalue weighted by Gasteiger charge is -2.19. The molecular weight excluding hydrogens is 697 g/mol. The van der Waals surface area contributed by atoms with Crippen molar-refractivity contribution in [1.29, 1.82) is 0 Å². The molecule has 0 fully saturated rings. The van der Waals surface area contributed by atoms with E-state index in [1.807, 2.05) is 48.7 Å². The van der Waals surface area contributed by atoms with Crippen molar-refractivity contribution in [2.45, 2.75) is 6.42 Å². The van der Waals surface area contributed by atoms with E-state index in [1.54, 1.807) is 18.3 Å². The molecule has 268 valence electrons. The summed E-state index contributed by atoms with van der Waals surface area (Å²) in [6.45, 7) is 0. The predicted octanol–water partition coefficient (Wildman–Crippen LogP) is 11.6. The number of hydrogen-bond acceptors (Lipinski definition) is 7. The quantitative estimate of drug-likeness (QED) is 0.0531. The normalized spacial score (nSPS) is 12.9. The maximum atomic E-state index is 10.9. The van der Waals surface area contributed by atoms with Crippen LogP contribution >= 0.6 is 0 Å². The van der Waals surface area contributed by atoms with Gasteiger partial charge in [-0.3, -0.25) is 9.98 Å². The number of hydrogen-bond donors (Lipinski definition) is 5. The topological polar surface area (TPSA) is 126 Å². The molecule has 1 aliphatic heterocycles. The Labute approximate surface area is 320 Å². The van der Waals surface area contributed by atoms with Gasteiger partial charge in [0.2, 0.25) is 17.2 Å². The fraction of sp³-hybridized carbons (Fsp3) is 0.0204. The number of phenolic OH excluding ortho intramolecular Hbond substituents is 5. The summed E-state index contributed by atoms with van der Waals surface area (Å²) >= 11 is 0. The van der Waals surface area contributed by atoms with E-state index in [0.717, 1.165) is 60.6 Å². The molecule has 1 aliphatic rings. The van der Waals surface area contributed by atoms with Crippen LogP contribution < -0.4 is 0 Å². The van der Waals surface area contributed by atoms with Crippen LogP contribution in [0.15, 0.2) is 157 Å². The summed E-state index contributed by atoms with van der Waals surface area (Å²) in [5.41, 5.74) is 5.46. The standard InChI is InChI=1S/C49H32N2O5/c52-45-42(46(53)48(55)49(56)47(45)54)28-18-21-36-39(24-28)44(40-16-2-1-9-23-50-40)35-15-8-7-14-34(35)43(36)41-22-19-29(26-51-41)37-25-38-30-11-4-3-10-27(30)17-20-33(38)31-12-5-6-13-32(31)37/h1-15,17-26,52-56H,16H2. The van der Waals surface area contributed by atoms with Crippen LogP contribution in [0.25, 0.3) is 87.4 Å². The molecule has 5 N–H and O–H groups in total. The minimum absolute atomic E-state index is 0.221. The molecule has 0 radical (unpaired) electrons. The van der Waals surface area contributed by atoms with E-state index in [4.69, 9.17) is 9.98 Å². The number of rotatable bonds is 4. The molecule has 0 saturated heterocycles.